The highest BCUT2D eigenvalue weighted by atomic mass is 16.5. The van der Waals surface area contributed by atoms with E-state index in [4.69, 9.17) is 14.6 Å². The lowest BCUT2D eigenvalue weighted by molar-refractivity contribution is -0.154. The van der Waals surface area contributed by atoms with Gasteiger partial charge in [0.05, 0.1) is 0 Å². The summed E-state index contributed by atoms with van der Waals surface area (Å²) in [5.41, 5.74) is 0. The van der Waals surface area contributed by atoms with Crippen molar-refractivity contribution in [3.05, 3.63) is 0 Å². The van der Waals surface area contributed by atoms with Crippen LogP contribution >= 0.6 is 0 Å². The van der Waals surface area contributed by atoms with Gasteiger partial charge >= 0.3 is 5.97 Å². The van der Waals surface area contributed by atoms with Gasteiger partial charge in [0.15, 0.2) is 6.10 Å². The first-order valence-corrected chi connectivity index (χ1v) is 5.68. The first-order valence-electron chi connectivity index (χ1n) is 5.68. The number of ether oxygens (including phenoxy) is 2. The number of carbonyl (C=O) groups is 2. The summed E-state index contributed by atoms with van der Waals surface area (Å²) in [6.07, 6.45) is 0.190. The Morgan fingerprint density at radius 2 is 2.06 bits per heavy atom. The molecule has 1 rings (SSSR count). The second-order valence-electron chi connectivity index (χ2n) is 4.14. The van der Waals surface area contributed by atoms with Gasteiger partial charge in [0.25, 0.3) is 5.91 Å². The molecule has 0 bridgehead atoms. The van der Waals surface area contributed by atoms with Crippen LogP contribution in [0.5, 0.6) is 0 Å². The van der Waals surface area contributed by atoms with Crippen LogP contribution in [0.2, 0.25) is 0 Å². The molecule has 98 valence electrons. The molecule has 1 saturated heterocycles. The van der Waals surface area contributed by atoms with E-state index in [0.717, 1.165) is 6.42 Å². The van der Waals surface area contributed by atoms with Crippen molar-refractivity contribution >= 4 is 11.9 Å². The summed E-state index contributed by atoms with van der Waals surface area (Å²) in [5.74, 6) is -1.15. The third-order valence-corrected chi connectivity index (χ3v) is 2.79. The molecule has 0 aromatic rings. The quantitative estimate of drug-likeness (QED) is 0.672. The van der Waals surface area contributed by atoms with E-state index in [1.165, 1.54) is 0 Å². The SMILES string of the molecule is COCCCN(C)C(=O)C1CCC(C(=O)O)O1. The van der Waals surface area contributed by atoms with Crippen molar-refractivity contribution in [2.45, 2.75) is 31.5 Å². The third-order valence-electron chi connectivity index (χ3n) is 2.79. The zero-order valence-corrected chi connectivity index (χ0v) is 10.2. The largest absolute Gasteiger partial charge is 0.479 e. The second kappa shape index (κ2) is 6.56. The van der Waals surface area contributed by atoms with Gasteiger partial charge in [-0.05, 0) is 19.3 Å². The Kier molecular flexibility index (Phi) is 5.37. The number of carboxylic acid groups (broad SMARTS) is 1. The molecule has 0 aromatic heterocycles. The average molecular weight is 245 g/mol. The first kappa shape index (κ1) is 13.9. The minimum Gasteiger partial charge on any atom is -0.479 e. The van der Waals surface area contributed by atoms with E-state index in [1.807, 2.05) is 0 Å². The van der Waals surface area contributed by atoms with Crippen LogP contribution in [0.4, 0.5) is 0 Å². The lowest BCUT2D eigenvalue weighted by atomic mass is 10.2. The predicted molar refractivity (Wildman–Crippen MR) is 59.7 cm³/mol. The van der Waals surface area contributed by atoms with Gasteiger partial charge in [-0.3, -0.25) is 4.79 Å². The van der Waals surface area contributed by atoms with Gasteiger partial charge in [0.1, 0.15) is 6.10 Å². The number of rotatable bonds is 6. The van der Waals surface area contributed by atoms with Crippen LogP contribution in [0, 0.1) is 0 Å². The summed E-state index contributed by atoms with van der Waals surface area (Å²) < 4.78 is 10.1. The van der Waals surface area contributed by atoms with Crippen molar-refractivity contribution < 1.29 is 24.2 Å². The van der Waals surface area contributed by atoms with Crippen molar-refractivity contribution in [3.63, 3.8) is 0 Å². The van der Waals surface area contributed by atoms with Crippen LogP contribution in [0.15, 0.2) is 0 Å². The summed E-state index contributed by atoms with van der Waals surface area (Å²) in [5, 5.41) is 8.76. The number of hydrogen-bond acceptors (Lipinski definition) is 4. The molecule has 1 N–H and O–H groups in total. The van der Waals surface area contributed by atoms with Gasteiger partial charge in [0, 0.05) is 27.3 Å². The zero-order chi connectivity index (χ0) is 12.8. The van der Waals surface area contributed by atoms with Crippen molar-refractivity contribution in [3.8, 4) is 0 Å². The van der Waals surface area contributed by atoms with Crippen LogP contribution < -0.4 is 0 Å². The lowest BCUT2D eigenvalue weighted by Gasteiger charge is -2.20. The van der Waals surface area contributed by atoms with Gasteiger partial charge in [-0.15, -0.1) is 0 Å². The van der Waals surface area contributed by atoms with E-state index in [1.54, 1.807) is 19.1 Å². The minimum absolute atomic E-state index is 0.148. The standard InChI is InChI=1S/C11H19NO5/c1-12(6-3-7-16-2)10(13)8-4-5-9(17-8)11(14)15/h8-9H,3-7H2,1-2H3,(H,14,15). The summed E-state index contributed by atoms with van der Waals surface area (Å²) >= 11 is 0. The first-order chi connectivity index (χ1) is 8.06. The highest BCUT2D eigenvalue weighted by Gasteiger charge is 2.35. The Labute approximate surface area is 100 Å². The molecule has 1 amide bonds. The fourth-order valence-corrected chi connectivity index (χ4v) is 1.80. The summed E-state index contributed by atoms with van der Waals surface area (Å²) in [4.78, 5) is 24.1. The number of amides is 1. The Bertz CT molecular complexity index is 281. The van der Waals surface area contributed by atoms with Gasteiger partial charge < -0.3 is 19.5 Å². The highest BCUT2D eigenvalue weighted by molar-refractivity contribution is 5.82. The van der Waals surface area contributed by atoms with Crippen molar-refractivity contribution in [1.82, 2.24) is 4.90 Å². The minimum atomic E-state index is -0.998. The molecule has 6 heteroatoms. The lowest BCUT2D eigenvalue weighted by Crippen LogP contribution is -2.38. The smallest absolute Gasteiger partial charge is 0.332 e. The maximum atomic E-state index is 11.9. The Morgan fingerprint density at radius 3 is 2.59 bits per heavy atom. The maximum absolute atomic E-state index is 11.9. The Balaban J connectivity index is 2.35. The summed E-state index contributed by atoms with van der Waals surface area (Å²) in [6.45, 7) is 1.19. The van der Waals surface area contributed by atoms with Crippen molar-refractivity contribution in [2.24, 2.45) is 0 Å². The average Bonchev–Trinajstić information content (AvgIpc) is 2.77. The zero-order valence-electron chi connectivity index (χ0n) is 10.2. The van der Waals surface area contributed by atoms with Gasteiger partial charge in [-0.1, -0.05) is 0 Å². The fourth-order valence-electron chi connectivity index (χ4n) is 1.80. The molecule has 1 fully saturated rings. The fraction of sp³-hybridized carbons (Fsp3) is 0.818. The molecule has 2 atom stereocenters. The van der Waals surface area contributed by atoms with Crippen LogP contribution in [-0.4, -0.2) is 61.4 Å². The normalized spacial score (nSPS) is 23.6. The van der Waals surface area contributed by atoms with Crippen LogP contribution in [0.25, 0.3) is 0 Å². The van der Waals surface area contributed by atoms with Crippen molar-refractivity contribution in [2.75, 3.05) is 27.3 Å². The number of carboxylic acids is 1. The van der Waals surface area contributed by atoms with E-state index >= 15 is 0 Å². The molecule has 1 aliphatic heterocycles. The van der Waals surface area contributed by atoms with Crippen LogP contribution in [0.3, 0.4) is 0 Å². The predicted octanol–water partition coefficient (Wildman–Crippen LogP) is 0.114. The van der Waals surface area contributed by atoms with E-state index in [-0.39, 0.29) is 5.91 Å². The van der Waals surface area contributed by atoms with Crippen LogP contribution in [-0.2, 0) is 19.1 Å². The van der Waals surface area contributed by atoms with Crippen molar-refractivity contribution in [1.29, 1.82) is 0 Å². The molecule has 0 radical (unpaired) electrons. The number of carbonyl (C=O) groups excluding carboxylic acids is 1. The topological polar surface area (TPSA) is 76.1 Å². The second-order valence-corrected chi connectivity index (χ2v) is 4.14. The monoisotopic (exact) mass is 245 g/mol. The molecule has 17 heavy (non-hydrogen) atoms. The van der Waals surface area contributed by atoms with E-state index in [2.05, 4.69) is 0 Å². The van der Waals surface area contributed by atoms with Gasteiger partial charge in [0.2, 0.25) is 0 Å². The molecular weight excluding hydrogens is 226 g/mol. The van der Waals surface area contributed by atoms with Crippen LogP contribution in [0.1, 0.15) is 19.3 Å². The molecule has 0 spiro atoms. The number of hydrogen-bond donors (Lipinski definition) is 1. The molecule has 6 nitrogen and oxygen atoms in total. The molecular formula is C11H19NO5. The number of nitrogens with zero attached hydrogens (tertiary/aromatic N) is 1. The molecule has 0 aliphatic carbocycles. The molecule has 2 unspecified atom stereocenters. The maximum Gasteiger partial charge on any atom is 0.332 e. The number of methoxy groups -OCH3 is 1. The number of likely N-dealkylation sites (N-methyl/N-ethyl adjacent to an activating group) is 1. The van der Waals surface area contributed by atoms with E-state index < -0.39 is 18.2 Å². The Morgan fingerprint density at radius 1 is 1.41 bits per heavy atom. The third kappa shape index (κ3) is 3.98. The molecule has 1 heterocycles. The summed E-state index contributed by atoms with van der Waals surface area (Å²) in [6, 6.07) is 0. The molecule has 0 aromatic carbocycles. The molecule has 0 saturated carbocycles. The Hall–Kier alpha value is -1.14. The van der Waals surface area contributed by atoms with Gasteiger partial charge in [-0.25, -0.2) is 4.79 Å². The van der Waals surface area contributed by atoms with Gasteiger partial charge in [-0.2, -0.15) is 0 Å². The molecule has 1 aliphatic rings. The van der Waals surface area contributed by atoms with E-state index in [9.17, 15) is 9.59 Å². The number of aliphatic carboxylic acids is 1. The summed E-state index contributed by atoms with van der Waals surface area (Å²) in [7, 11) is 3.30. The highest BCUT2D eigenvalue weighted by Crippen LogP contribution is 2.21. The van der Waals surface area contributed by atoms with E-state index in [0.29, 0.717) is 26.0 Å².